The molecule has 0 radical (unpaired) electrons. The second-order valence-corrected chi connectivity index (χ2v) is 4.14. The summed E-state index contributed by atoms with van der Waals surface area (Å²) in [4.78, 5) is 11.7. The zero-order valence-corrected chi connectivity index (χ0v) is 9.49. The molecule has 4 heteroatoms. The summed E-state index contributed by atoms with van der Waals surface area (Å²) in [5.74, 6) is 1.22. The highest BCUT2D eigenvalue weighted by Crippen LogP contribution is 2.21. The van der Waals surface area contributed by atoms with Crippen LogP contribution in [0.1, 0.15) is 31.7 Å². The number of rotatable bonds is 4. The van der Waals surface area contributed by atoms with E-state index < -0.39 is 0 Å². The lowest BCUT2D eigenvalue weighted by molar-refractivity contribution is -0.116. The van der Waals surface area contributed by atoms with E-state index in [9.17, 15) is 4.79 Å². The SMILES string of the molecule is CCc1cn[nH]c1NC(=O)CC1C=CCC1. The third-order valence-electron chi connectivity index (χ3n) is 2.92. The van der Waals surface area contributed by atoms with Crippen LogP contribution in [0.2, 0.25) is 0 Å². The number of carbonyl (C=O) groups is 1. The molecule has 2 N–H and O–H groups in total. The minimum Gasteiger partial charge on any atom is -0.311 e. The van der Waals surface area contributed by atoms with Gasteiger partial charge in [0.15, 0.2) is 0 Å². The standard InChI is InChI=1S/C12H17N3O/c1-2-10-8-13-15-12(10)14-11(16)7-9-5-3-4-6-9/h3,5,8-9H,2,4,6-7H2,1H3,(H2,13,14,15,16). The largest absolute Gasteiger partial charge is 0.311 e. The van der Waals surface area contributed by atoms with Gasteiger partial charge in [0.2, 0.25) is 5.91 Å². The van der Waals surface area contributed by atoms with Crippen LogP contribution in [0.4, 0.5) is 5.82 Å². The van der Waals surface area contributed by atoms with Crippen molar-refractivity contribution in [2.75, 3.05) is 5.32 Å². The van der Waals surface area contributed by atoms with E-state index in [0.717, 1.165) is 30.6 Å². The summed E-state index contributed by atoms with van der Waals surface area (Å²) in [7, 11) is 0. The number of aromatic amines is 1. The Kier molecular flexibility index (Phi) is 3.39. The van der Waals surface area contributed by atoms with Gasteiger partial charge in [-0.15, -0.1) is 0 Å². The van der Waals surface area contributed by atoms with Gasteiger partial charge in [-0.05, 0) is 25.2 Å². The molecule has 1 aromatic rings. The normalized spacial score (nSPS) is 18.9. The van der Waals surface area contributed by atoms with E-state index in [1.54, 1.807) is 6.20 Å². The molecule has 16 heavy (non-hydrogen) atoms. The van der Waals surface area contributed by atoms with Crippen molar-refractivity contribution >= 4 is 11.7 Å². The Morgan fingerprint density at radius 2 is 2.56 bits per heavy atom. The molecule has 0 spiro atoms. The first-order chi connectivity index (χ1) is 7.79. The minimum absolute atomic E-state index is 0.0653. The van der Waals surface area contributed by atoms with E-state index >= 15 is 0 Å². The summed E-state index contributed by atoms with van der Waals surface area (Å²) in [5, 5.41) is 9.61. The van der Waals surface area contributed by atoms with Crippen LogP contribution in [0.15, 0.2) is 18.3 Å². The summed E-state index contributed by atoms with van der Waals surface area (Å²) < 4.78 is 0. The maximum Gasteiger partial charge on any atom is 0.226 e. The van der Waals surface area contributed by atoms with Gasteiger partial charge in [0.1, 0.15) is 5.82 Å². The molecule has 0 bridgehead atoms. The van der Waals surface area contributed by atoms with E-state index in [1.807, 2.05) is 6.92 Å². The fourth-order valence-electron chi connectivity index (χ4n) is 1.98. The Morgan fingerprint density at radius 1 is 1.69 bits per heavy atom. The Balaban J connectivity index is 1.89. The van der Waals surface area contributed by atoms with Gasteiger partial charge in [0.25, 0.3) is 0 Å². The molecule has 1 heterocycles. The van der Waals surface area contributed by atoms with Crippen LogP contribution in [-0.4, -0.2) is 16.1 Å². The van der Waals surface area contributed by atoms with Gasteiger partial charge in [-0.3, -0.25) is 9.89 Å². The van der Waals surface area contributed by atoms with Crippen LogP contribution >= 0.6 is 0 Å². The van der Waals surface area contributed by atoms with Crippen LogP contribution in [0.5, 0.6) is 0 Å². The number of amides is 1. The van der Waals surface area contributed by atoms with Gasteiger partial charge in [-0.25, -0.2) is 0 Å². The van der Waals surface area contributed by atoms with Crippen molar-refractivity contribution in [3.8, 4) is 0 Å². The summed E-state index contributed by atoms with van der Waals surface area (Å²) in [6.45, 7) is 2.04. The van der Waals surface area contributed by atoms with Gasteiger partial charge in [-0.2, -0.15) is 5.10 Å². The number of hydrogen-bond donors (Lipinski definition) is 2. The van der Waals surface area contributed by atoms with E-state index in [1.165, 1.54) is 0 Å². The number of nitrogens with one attached hydrogen (secondary N) is 2. The monoisotopic (exact) mass is 219 g/mol. The lowest BCUT2D eigenvalue weighted by Crippen LogP contribution is -2.15. The van der Waals surface area contributed by atoms with Crippen molar-refractivity contribution in [3.05, 3.63) is 23.9 Å². The molecule has 0 saturated carbocycles. The molecule has 2 rings (SSSR count). The predicted octanol–water partition coefficient (Wildman–Crippen LogP) is 2.27. The molecule has 0 aromatic carbocycles. The quantitative estimate of drug-likeness (QED) is 0.763. The molecule has 0 saturated heterocycles. The van der Waals surface area contributed by atoms with Crippen molar-refractivity contribution in [1.29, 1.82) is 0 Å². The molecule has 1 aromatic heterocycles. The molecular formula is C12H17N3O. The van der Waals surface area contributed by atoms with Crippen LogP contribution in [0, 0.1) is 5.92 Å². The predicted molar refractivity (Wildman–Crippen MR) is 63.1 cm³/mol. The molecule has 1 unspecified atom stereocenters. The van der Waals surface area contributed by atoms with Gasteiger partial charge in [0, 0.05) is 12.0 Å². The Morgan fingerprint density at radius 3 is 3.25 bits per heavy atom. The molecular weight excluding hydrogens is 202 g/mol. The lowest BCUT2D eigenvalue weighted by Gasteiger charge is -2.08. The Labute approximate surface area is 95.1 Å². The van der Waals surface area contributed by atoms with E-state index in [-0.39, 0.29) is 5.91 Å². The number of aryl methyl sites for hydroxylation is 1. The van der Waals surface area contributed by atoms with Crippen LogP contribution in [-0.2, 0) is 11.2 Å². The molecule has 1 amide bonds. The number of hydrogen-bond acceptors (Lipinski definition) is 2. The summed E-state index contributed by atoms with van der Waals surface area (Å²) >= 11 is 0. The second kappa shape index (κ2) is 4.96. The molecule has 4 nitrogen and oxygen atoms in total. The zero-order valence-electron chi connectivity index (χ0n) is 9.49. The lowest BCUT2D eigenvalue weighted by atomic mass is 10.1. The third kappa shape index (κ3) is 2.51. The zero-order chi connectivity index (χ0) is 11.4. The highest BCUT2D eigenvalue weighted by Gasteiger charge is 2.15. The first kappa shape index (κ1) is 10.9. The third-order valence-corrected chi connectivity index (χ3v) is 2.92. The topological polar surface area (TPSA) is 57.8 Å². The molecule has 0 fully saturated rings. The van der Waals surface area contributed by atoms with Crippen molar-refractivity contribution in [2.45, 2.75) is 32.6 Å². The van der Waals surface area contributed by atoms with Crippen LogP contribution in [0.3, 0.4) is 0 Å². The number of anilines is 1. The van der Waals surface area contributed by atoms with E-state index in [0.29, 0.717) is 12.3 Å². The van der Waals surface area contributed by atoms with Crippen molar-refractivity contribution in [1.82, 2.24) is 10.2 Å². The fourth-order valence-corrected chi connectivity index (χ4v) is 1.98. The number of H-pyrrole nitrogens is 1. The van der Waals surface area contributed by atoms with Crippen molar-refractivity contribution < 1.29 is 4.79 Å². The average Bonchev–Trinajstić information content (AvgIpc) is 2.88. The molecule has 1 aliphatic carbocycles. The highest BCUT2D eigenvalue weighted by molar-refractivity contribution is 5.90. The molecule has 1 atom stereocenters. The first-order valence-electron chi connectivity index (χ1n) is 5.78. The first-order valence-corrected chi connectivity index (χ1v) is 5.78. The van der Waals surface area contributed by atoms with Gasteiger partial charge >= 0.3 is 0 Å². The number of carbonyl (C=O) groups excluding carboxylic acids is 1. The van der Waals surface area contributed by atoms with Crippen molar-refractivity contribution in [3.63, 3.8) is 0 Å². The summed E-state index contributed by atoms with van der Waals surface area (Å²) in [6.07, 6.45) is 9.66. The number of allylic oxidation sites excluding steroid dienone is 2. The Bertz CT molecular complexity index is 395. The van der Waals surface area contributed by atoms with Crippen molar-refractivity contribution in [2.24, 2.45) is 5.92 Å². The second-order valence-electron chi connectivity index (χ2n) is 4.14. The molecule has 86 valence electrons. The minimum atomic E-state index is 0.0653. The summed E-state index contributed by atoms with van der Waals surface area (Å²) in [6, 6.07) is 0. The fraction of sp³-hybridized carbons (Fsp3) is 0.500. The molecule has 0 aliphatic heterocycles. The summed E-state index contributed by atoms with van der Waals surface area (Å²) in [5.41, 5.74) is 1.05. The van der Waals surface area contributed by atoms with E-state index in [4.69, 9.17) is 0 Å². The van der Waals surface area contributed by atoms with Gasteiger partial charge < -0.3 is 5.32 Å². The van der Waals surface area contributed by atoms with E-state index in [2.05, 4.69) is 27.7 Å². The average molecular weight is 219 g/mol. The highest BCUT2D eigenvalue weighted by atomic mass is 16.1. The van der Waals surface area contributed by atoms with Gasteiger partial charge in [0.05, 0.1) is 6.20 Å². The number of nitrogens with zero attached hydrogens (tertiary/aromatic N) is 1. The maximum atomic E-state index is 11.7. The van der Waals surface area contributed by atoms with Gasteiger partial charge in [-0.1, -0.05) is 19.1 Å². The molecule has 1 aliphatic rings. The maximum absolute atomic E-state index is 11.7. The smallest absolute Gasteiger partial charge is 0.226 e. The van der Waals surface area contributed by atoms with Crippen LogP contribution in [0.25, 0.3) is 0 Å². The Hall–Kier alpha value is -1.58. The number of aromatic nitrogens is 2. The van der Waals surface area contributed by atoms with Crippen LogP contribution < -0.4 is 5.32 Å².